The van der Waals surface area contributed by atoms with E-state index >= 15 is 0 Å². The number of thiophene rings is 1. The molecule has 0 aliphatic carbocycles. The van der Waals surface area contributed by atoms with Crippen LogP contribution in [-0.2, 0) is 25.5 Å². The van der Waals surface area contributed by atoms with Crippen LogP contribution in [0.4, 0.5) is 14.5 Å². The number of amides is 3. The molecule has 3 aromatic rings. The van der Waals surface area contributed by atoms with Crippen molar-refractivity contribution in [3.63, 3.8) is 0 Å². The monoisotopic (exact) mass is 559 g/mol. The number of anilines is 1. The lowest BCUT2D eigenvalue weighted by Crippen LogP contribution is -2.52. The van der Waals surface area contributed by atoms with Crippen LogP contribution in [0.2, 0.25) is 0 Å². The second-order valence-corrected chi connectivity index (χ2v) is 10.6. The van der Waals surface area contributed by atoms with Crippen LogP contribution >= 0.6 is 23.1 Å². The molecule has 0 unspecified atom stereocenters. The summed E-state index contributed by atoms with van der Waals surface area (Å²) < 4.78 is 31.7. The summed E-state index contributed by atoms with van der Waals surface area (Å²) in [5.74, 6) is -3.88. The number of carbonyl (C=O) groups excluding carboxylic acids is 4. The van der Waals surface area contributed by atoms with Crippen molar-refractivity contribution in [2.75, 3.05) is 12.4 Å². The lowest BCUT2D eigenvalue weighted by Gasteiger charge is -2.25. The Kier molecular flexibility index (Phi) is 8.42. The van der Waals surface area contributed by atoms with Crippen LogP contribution in [0.3, 0.4) is 0 Å². The largest absolute Gasteiger partial charge is 0.465 e. The van der Waals surface area contributed by atoms with Crippen LogP contribution in [0.25, 0.3) is 0 Å². The van der Waals surface area contributed by atoms with Crippen LogP contribution in [-0.4, -0.2) is 42.9 Å². The Morgan fingerprint density at radius 2 is 1.82 bits per heavy atom. The highest BCUT2D eigenvalue weighted by molar-refractivity contribution is 8.00. The van der Waals surface area contributed by atoms with E-state index in [4.69, 9.17) is 4.74 Å². The molecular weight excluding hydrogens is 536 g/mol. The zero-order valence-corrected chi connectivity index (χ0v) is 21.9. The topological polar surface area (TPSA) is 114 Å². The molecule has 12 heteroatoms. The first kappa shape index (κ1) is 27.3. The van der Waals surface area contributed by atoms with Gasteiger partial charge in [-0.25, -0.2) is 13.6 Å². The number of para-hydroxylation sites is 1. The number of esters is 1. The number of hydrogen-bond acceptors (Lipinski definition) is 7. The molecule has 38 heavy (non-hydrogen) atoms. The van der Waals surface area contributed by atoms with Crippen LogP contribution in [0.5, 0.6) is 0 Å². The first-order chi connectivity index (χ1) is 18.1. The maximum atomic E-state index is 13.4. The van der Waals surface area contributed by atoms with E-state index in [0.717, 1.165) is 17.0 Å². The van der Waals surface area contributed by atoms with Gasteiger partial charge < -0.3 is 20.7 Å². The van der Waals surface area contributed by atoms with E-state index in [2.05, 4.69) is 16.0 Å². The first-order valence-electron chi connectivity index (χ1n) is 11.4. The Labute approximate surface area is 225 Å². The Bertz CT molecular complexity index is 1380. The molecule has 3 atom stereocenters. The molecule has 3 amide bonds. The Morgan fingerprint density at radius 1 is 1.11 bits per heavy atom. The van der Waals surface area contributed by atoms with Crippen molar-refractivity contribution >= 4 is 52.5 Å². The fraction of sp³-hybridized carbons (Fsp3) is 0.231. The summed E-state index contributed by atoms with van der Waals surface area (Å²) in [5, 5.41) is 9.05. The Balaban J connectivity index is 1.52. The van der Waals surface area contributed by atoms with E-state index < -0.39 is 52.7 Å². The molecule has 8 nitrogen and oxygen atoms in total. The lowest BCUT2D eigenvalue weighted by molar-refractivity contribution is -0.130. The average Bonchev–Trinajstić information content (AvgIpc) is 3.30. The Morgan fingerprint density at radius 3 is 2.53 bits per heavy atom. The van der Waals surface area contributed by atoms with Gasteiger partial charge in [-0.1, -0.05) is 12.1 Å². The highest BCUT2D eigenvalue weighted by atomic mass is 32.2. The Hall–Kier alpha value is -3.77. The fourth-order valence-electron chi connectivity index (χ4n) is 3.85. The molecule has 4 rings (SSSR count). The fourth-order valence-corrected chi connectivity index (χ4v) is 6.24. The summed E-state index contributed by atoms with van der Waals surface area (Å²) in [6.45, 7) is 1.44. The van der Waals surface area contributed by atoms with E-state index in [1.54, 1.807) is 23.6 Å². The standard InChI is InChI=1S/C26H23F2N3O5S2/c1-13(29-21(32)9-14-7-16(27)11-17(28)8-14)24(33)31-22-23(20-10-15(12-37-20)26(35)36-2)38-19-6-4-3-5-18(19)30-25(22)34/h3-8,10-13,22-23H,9H2,1-2H3,(H,29,32)(H,30,34)(H,31,33)/t13-,22-,23+/m0/s1. The predicted molar refractivity (Wildman–Crippen MR) is 139 cm³/mol. The summed E-state index contributed by atoms with van der Waals surface area (Å²) in [4.78, 5) is 52.2. The number of halogens is 2. The van der Waals surface area contributed by atoms with Crippen LogP contribution in [0.1, 0.15) is 33.0 Å². The molecule has 1 aliphatic rings. The van der Waals surface area contributed by atoms with Crippen molar-refractivity contribution in [3.8, 4) is 0 Å². The van der Waals surface area contributed by atoms with Crippen molar-refractivity contribution < 1.29 is 32.7 Å². The third-order valence-corrected chi connectivity index (χ3v) is 8.22. The summed E-state index contributed by atoms with van der Waals surface area (Å²) in [5.41, 5.74) is 1.02. The molecular formula is C26H23F2N3O5S2. The number of ether oxygens (including phenoxy) is 1. The number of rotatable bonds is 7. The van der Waals surface area contributed by atoms with Gasteiger partial charge in [0.2, 0.25) is 17.7 Å². The van der Waals surface area contributed by atoms with Gasteiger partial charge in [0.05, 0.1) is 30.0 Å². The summed E-state index contributed by atoms with van der Waals surface area (Å²) >= 11 is 2.60. The van der Waals surface area contributed by atoms with Gasteiger partial charge in [0.1, 0.15) is 23.7 Å². The number of carbonyl (C=O) groups is 4. The number of methoxy groups -OCH3 is 1. The number of nitrogens with one attached hydrogen (secondary N) is 3. The molecule has 2 aromatic carbocycles. The third kappa shape index (κ3) is 6.37. The SMILES string of the molecule is COC(=O)c1csc([C@H]2Sc3ccccc3NC(=O)[C@H]2NC(=O)[C@H](C)NC(=O)Cc2cc(F)cc(F)c2)c1. The van der Waals surface area contributed by atoms with Gasteiger partial charge in [-0.05, 0) is 42.8 Å². The van der Waals surface area contributed by atoms with Crippen LogP contribution < -0.4 is 16.0 Å². The van der Waals surface area contributed by atoms with Gasteiger partial charge in [0.15, 0.2) is 0 Å². The number of thioether (sulfide) groups is 1. The van der Waals surface area contributed by atoms with E-state index in [1.165, 1.54) is 37.1 Å². The smallest absolute Gasteiger partial charge is 0.338 e. The van der Waals surface area contributed by atoms with Gasteiger partial charge in [-0.15, -0.1) is 23.1 Å². The zero-order valence-electron chi connectivity index (χ0n) is 20.2. The van der Waals surface area contributed by atoms with E-state index in [9.17, 15) is 28.0 Å². The molecule has 0 fully saturated rings. The number of hydrogen-bond donors (Lipinski definition) is 3. The van der Waals surface area contributed by atoms with Crippen molar-refractivity contribution in [2.45, 2.75) is 35.6 Å². The molecule has 1 aliphatic heterocycles. The molecule has 1 aromatic heterocycles. The highest BCUT2D eigenvalue weighted by Gasteiger charge is 2.37. The quantitative estimate of drug-likeness (QED) is 0.379. The van der Waals surface area contributed by atoms with Crippen LogP contribution in [0.15, 0.2) is 58.8 Å². The first-order valence-corrected chi connectivity index (χ1v) is 13.2. The second-order valence-electron chi connectivity index (χ2n) is 8.48. The van der Waals surface area contributed by atoms with Gasteiger partial charge in [0.25, 0.3) is 0 Å². The lowest BCUT2D eigenvalue weighted by atomic mass is 10.1. The summed E-state index contributed by atoms with van der Waals surface area (Å²) in [6.07, 6.45) is -0.338. The predicted octanol–water partition coefficient (Wildman–Crippen LogP) is 3.83. The number of benzene rings is 2. The van der Waals surface area contributed by atoms with Crippen molar-refractivity contribution in [2.24, 2.45) is 0 Å². The van der Waals surface area contributed by atoms with Crippen LogP contribution in [0, 0.1) is 11.6 Å². The zero-order chi connectivity index (χ0) is 27.4. The maximum absolute atomic E-state index is 13.4. The molecule has 0 spiro atoms. The van der Waals surface area contributed by atoms with Crippen molar-refractivity contribution in [1.82, 2.24) is 10.6 Å². The molecule has 0 bridgehead atoms. The third-order valence-electron chi connectivity index (χ3n) is 5.66. The van der Waals surface area contributed by atoms with E-state index in [1.807, 2.05) is 12.1 Å². The summed E-state index contributed by atoms with van der Waals surface area (Å²) in [6, 6.07) is 9.46. The highest BCUT2D eigenvalue weighted by Crippen LogP contribution is 2.45. The summed E-state index contributed by atoms with van der Waals surface area (Å²) in [7, 11) is 1.27. The van der Waals surface area contributed by atoms with Gasteiger partial charge in [0, 0.05) is 21.2 Å². The van der Waals surface area contributed by atoms with Gasteiger partial charge in [-0.2, -0.15) is 0 Å². The minimum absolute atomic E-state index is 0.115. The molecule has 0 radical (unpaired) electrons. The molecule has 3 N–H and O–H groups in total. The van der Waals surface area contributed by atoms with Gasteiger partial charge >= 0.3 is 5.97 Å². The second kappa shape index (κ2) is 11.7. The van der Waals surface area contributed by atoms with Crippen molar-refractivity contribution in [3.05, 3.63) is 81.5 Å². The maximum Gasteiger partial charge on any atom is 0.338 e. The van der Waals surface area contributed by atoms with Crippen molar-refractivity contribution in [1.29, 1.82) is 0 Å². The molecule has 0 saturated heterocycles. The minimum Gasteiger partial charge on any atom is -0.465 e. The van der Waals surface area contributed by atoms with E-state index in [0.29, 0.717) is 22.2 Å². The molecule has 198 valence electrons. The minimum atomic E-state index is -1.06. The normalized spacial score (nSPS) is 17.4. The van der Waals surface area contributed by atoms with Gasteiger partial charge in [-0.3, -0.25) is 14.4 Å². The molecule has 2 heterocycles. The molecule has 0 saturated carbocycles. The number of fused-ring (bicyclic) bond motifs is 1. The average molecular weight is 560 g/mol. The van der Waals surface area contributed by atoms with E-state index in [-0.39, 0.29) is 12.0 Å².